The number of Topliss-reactive ketones (excluding diaryl/α,β-unsaturated/α-hetero) is 1. The molecule has 4 rings (SSSR count). The number of benzene rings is 3. The minimum absolute atomic E-state index is 0.0907. The Hall–Kier alpha value is -3.88. The Balaban J connectivity index is 2.04. The molecule has 10 heteroatoms. The lowest BCUT2D eigenvalue weighted by Gasteiger charge is -2.27. The van der Waals surface area contributed by atoms with Crippen LogP contribution in [-0.2, 0) is 9.59 Å². The number of nitrogens with zero attached hydrogens (tertiary/aromatic N) is 1. The van der Waals surface area contributed by atoms with Gasteiger partial charge in [0.25, 0.3) is 11.7 Å². The molecule has 0 aromatic heterocycles. The van der Waals surface area contributed by atoms with Crippen LogP contribution in [0, 0.1) is 6.92 Å². The smallest absolute Gasteiger partial charge is 0.300 e. The predicted octanol–water partition coefficient (Wildman–Crippen LogP) is 6.05. The van der Waals surface area contributed by atoms with Gasteiger partial charge in [-0.3, -0.25) is 14.5 Å². The second-order valence-corrected chi connectivity index (χ2v) is 9.21. The van der Waals surface area contributed by atoms with Gasteiger partial charge in [-0.05, 0) is 55.3 Å². The monoisotopic (exact) mass is 557 g/mol. The Kier molecular flexibility index (Phi) is 7.76. The van der Waals surface area contributed by atoms with Gasteiger partial charge in [-0.2, -0.15) is 0 Å². The fraction of sp³-hybridized carbons (Fsp3) is 0.214. The lowest BCUT2D eigenvalue weighted by molar-refractivity contribution is -0.132. The van der Waals surface area contributed by atoms with Crippen molar-refractivity contribution in [2.75, 3.05) is 25.7 Å². The maximum atomic E-state index is 13.5. The summed E-state index contributed by atoms with van der Waals surface area (Å²) in [6.45, 7) is 3.75. The number of aliphatic hydroxyl groups is 1. The molecule has 1 atom stereocenters. The number of amides is 1. The minimum atomic E-state index is -1.10. The Morgan fingerprint density at radius 3 is 2.34 bits per heavy atom. The number of anilines is 1. The fourth-order valence-corrected chi connectivity index (χ4v) is 4.83. The van der Waals surface area contributed by atoms with Crippen LogP contribution >= 0.6 is 23.2 Å². The van der Waals surface area contributed by atoms with Crippen LogP contribution in [0.15, 0.2) is 54.1 Å². The van der Waals surface area contributed by atoms with Gasteiger partial charge in [0.15, 0.2) is 11.5 Å². The second-order valence-electron chi connectivity index (χ2n) is 8.40. The lowest BCUT2D eigenvalue weighted by Crippen LogP contribution is -2.30. The Morgan fingerprint density at radius 2 is 1.68 bits per heavy atom. The highest BCUT2D eigenvalue weighted by molar-refractivity contribution is 6.52. The number of phenols is 1. The van der Waals surface area contributed by atoms with Gasteiger partial charge >= 0.3 is 0 Å². The normalized spacial score (nSPS) is 16.6. The molecule has 8 nitrogen and oxygen atoms in total. The van der Waals surface area contributed by atoms with Gasteiger partial charge in [-0.25, -0.2) is 0 Å². The summed E-state index contributed by atoms with van der Waals surface area (Å²) < 4.78 is 16.2. The van der Waals surface area contributed by atoms with E-state index in [0.29, 0.717) is 27.6 Å². The van der Waals surface area contributed by atoms with Crippen molar-refractivity contribution >= 4 is 46.3 Å². The number of halogens is 2. The summed E-state index contributed by atoms with van der Waals surface area (Å²) >= 11 is 12.7. The first kappa shape index (κ1) is 27.2. The molecule has 1 amide bonds. The highest BCUT2D eigenvalue weighted by atomic mass is 35.5. The quantitative estimate of drug-likeness (QED) is 0.207. The van der Waals surface area contributed by atoms with E-state index in [1.807, 2.05) is 0 Å². The number of carbonyl (C=O) groups excluding carboxylic acids is 2. The molecule has 0 aliphatic carbocycles. The third-order valence-corrected chi connectivity index (χ3v) is 6.98. The van der Waals surface area contributed by atoms with Crippen LogP contribution in [-0.4, -0.2) is 42.7 Å². The van der Waals surface area contributed by atoms with E-state index in [9.17, 15) is 19.8 Å². The maximum Gasteiger partial charge on any atom is 0.300 e. The lowest BCUT2D eigenvalue weighted by atomic mass is 9.94. The van der Waals surface area contributed by atoms with Crippen molar-refractivity contribution < 1.29 is 34.0 Å². The molecule has 2 N–H and O–H groups in total. The number of rotatable bonds is 7. The first-order valence-electron chi connectivity index (χ1n) is 11.6. The summed E-state index contributed by atoms with van der Waals surface area (Å²) in [6.07, 6.45) is 0. The van der Waals surface area contributed by atoms with E-state index in [4.69, 9.17) is 37.4 Å². The standard InChI is InChI=1S/C28H25Cl2NO7/c1-5-38-23-11-15(9-10-20(23)32)25-24(26(33)16-12-18(30)22(37-4)13-21(16)36-3)27(34)28(35)31(25)19-8-6-7-17(29)14(19)2/h6-13,25,32-33H,5H2,1-4H3/b26-24+. The molecular formula is C28H25Cl2NO7. The molecule has 3 aromatic rings. The highest BCUT2D eigenvalue weighted by Crippen LogP contribution is 2.47. The van der Waals surface area contributed by atoms with Crippen LogP contribution in [0.4, 0.5) is 5.69 Å². The molecule has 1 unspecified atom stereocenters. The second kappa shape index (κ2) is 10.8. The van der Waals surface area contributed by atoms with Crippen molar-refractivity contribution in [1.82, 2.24) is 0 Å². The first-order chi connectivity index (χ1) is 18.1. The van der Waals surface area contributed by atoms with E-state index in [1.165, 1.54) is 43.4 Å². The molecule has 0 radical (unpaired) electrons. The summed E-state index contributed by atoms with van der Waals surface area (Å²) in [6, 6.07) is 11.2. The molecule has 1 aliphatic heterocycles. The first-order valence-corrected chi connectivity index (χ1v) is 12.3. The van der Waals surface area contributed by atoms with Gasteiger partial charge in [0.1, 0.15) is 17.3 Å². The van der Waals surface area contributed by atoms with Crippen molar-refractivity contribution in [3.05, 3.63) is 80.8 Å². The Labute approximate surface area is 229 Å². The van der Waals surface area contributed by atoms with Crippen molar-refractivity contribution in [3.8, 4) is 23.0 Å². The average molecular weight is 558 g/mol. The number of carbonyl (C=O) groups is 2. The van der Waals surface area contributed by atoms with E-state index in [0.717, 1.165) is 0 Å². The van der Waals surface area contributed by atoms with Crippen molar-refractivity contribution in [1.29, 1.82) is 0 Å². The number of aliphatic hydroxyl groups excluding tert-OH is 1. The van der Waals surface area contributed by atoms with Crippen LogP contribution in [0.2, 0.25) is 10.0 Å². The van der Waals surface area contributed by atoms with Crippen LogP contribution < -0.4 is 19.1 Å². The minimum Gasteiger partial charge on any atom is -0.507 e. The number of aromatic hydroxyl groups is 1. The SMILES string of the molecule is CCOc1cc(C2/C(=C(\O)c3cc(Cl)c(OC)cc3OC)C(=O)C(=O)N2c2cccc(Cl)c2C)ccc1O. The van der Waals surface area contributed by atoms with Gasteiger partial charge in [0.05, 0.1) is 43.0 Å². The van der Waals surface area contributed by atoms with E-state index in [1.54, 1.807) is 38.1 Å². The van der Waals surface area contributed by atoms with Gasteiger partial charge in [-0.15, -0.1) is 0 Å². The zero-order chi connectivity index (χ0) is 27.7. The summed E-state index contributed by atoms with van der Waals surface area (Å²) in [7, 11) is 2.82. The largest absolute Gasteiger partial charge is 0.507 e. The average Bonchev–Trinajstić information content (AvgIpc) is 3.16. The van der Waals surface area contributed by atoms with Crippen LogP contribution in [0.3, 0.4) is 0 Å². The van der Waals surface area contributed by atoms with Crippen LogP contribution in [0.1, 0.15) is 29.7 Å². The molecule has 3 aromatic carbocycles. The molecule has 1 aliphatic rings. The summed E-state index contributed by atoms with van der Waals surface area (Å²) in [5, 5.41) is 22.4. The Morgan fingerprint density at radius 1 is 0.974 bits per heavy atom. The Bertz CT molecular complexity index is 1470. The number of phenolic OH excluding ortho intramolecular Hbond substituents is 1. The molecule has 0 spiro atoms. The van der Waals surface area contributed by atoms with Crippen molar-refractivity contribution in [3.63, 3.8) is 0 Å². The molecule has 1 heterocycles. The number of hydrogen-bond donors (Lipinski definition) is 2. The summed E-state index contributed by atoms with van der Waals surface area (Å²) in [5.41, 5.74) is 1.24. The van der Waals surface area contributed by atoms with Crippen molar-refractivity contribution in [2.45, 2.75) is 19.9 Å². The zero-order valence-corrected chi connectivity index (χ0v) is 22.6. The number of hydrogen-bond acceptors (Lipinski definition) is 7. The van der Waals surface area contributed by atoms with E-state index in [2.05, 4.69) is 0 Å². The molecule has 0 saturated carbocycles. The van der Waals surface area contributed by atoms with Gasteiger partial charge in [0, 0.05) is 16.8 Å². The third kappa shape index (κ3) is 4.61. The van der Waals surface area contributed by atoms with Crippen LogP contribution in [0.5, 0.6) is 23.0 Å². The molecule has 1 saturated heterocycles. The fourth-order valence-electron chi connectivity index (χ4n) is 4.42. The number of ketones is 1. The highest BCUT2D eigenvalue weighted by Gasteiger charge is 2.48. The maximum absolute atomic E-state index is 13.5. The van der Waals surface area contributed by atoms with E-state index < -0.39 is 23.5 Å². The van der Waals surface area contributed by atoms with Crippen LogP contribution in [0.25, 0.3) is 5.76 Å². The van der Waals surface area contributed by atoms with Crippen molar-refractivity contribution in [2.24, 2.45) is 0 Å². The van der Waals surface area contributed by atoms with Gasteiger partial charge in [0.2, 0.25) is 0 Å². The molecule has 0 bridgehead atoms. The zero-order valence-electron chi connectivity index (χ0n) is 21.0. The molecular weight excluding hydrogens is 533 g/mol. The molecule has 38 heavy (non-hydrogen) atoms. The predicted molar refractivity (Wildman–Crippen MR) is 145 cm³/mol. The molecule has 198 valence electrons. The third-order valence-electron chi connectivity index (χ3n) is 6.27. The van der Waals surface area contributed by atoms with Gasteiger partial charge < -0.3 is 24.4 Å². The van der Waals surface area contributed by atoms with E-state index >= 15 is 0 Å². The van der Waals surface area contributed by atoms with Gasteiger partial charge in [-0.1, -0.05) is 35.3 Å². The summed E-state index contributed by atoms with van der Waals surface area (Å²) in [4.78, 5) is 28.3. The topological polar surface area (TPSA) is 106 Å². The number of ether oxygens (including phenoxy) is 3. The molecule has 1 fully saturated rings. The number of methoxy groups -OCH3 is 2. The van der Waals surface area contributed by atoms with E-state index in [-0.39, 0.29) is 40.0 Å². The summed E-state index contributed by atoms with van der Waals surface area (Å²) in [5.74, 6) is -1.78.